The van der Waals surface area contributed by atoms with Crippen molar-refractivity contribution in [2.45, 2.75) is 0 Å². The highest BCUT2D eigenvalue weighted by Crippen LogP contribution is 2.24. The first kappa shape index (κ1) is 18.7. The van der Waals surface area contributed by atoms with Crippen LogP contribution in [-0.4, -0.2) is 37.4 Å². The zero-order valence-electron chi connectivity index (χ0n) is 16.0. The van der Waals surface area contributed by atoms with E-state index in [0.29, 0.717) is 11.4 Å². The Morgan fingerprint density at radius 3 is 2.14 bits per heavy atom. The number of aromatic hydroxyl groups is 1. The van der Waals surface area contributed by atoms with Gasteiger partial charge in [-0.1, -0.05) is 24.3 Å². The van der Waals surface area contributed by atoms with Gasteiger partial charge in [-0.05, 0) is 54.6 Å². The molecule has 29 heavy (non-hydrogen) atoms. The summed E-state index contributed by atoms with van der Waals surface area (Å²) in [5, 5.41) is 12.2. The standard InChI is InChI=1S/C23H23N3O3/c27-21-11-9-19(10-12-21)25-13-15-26(16-14-25)20-6-4-5-18(17-20)24-23(28)29-22-7-2-1-3-8-22/h1-12,17,27H,13-16H2,(H,24,28). The predicted octanol–water partition coefficient (Wildman–Crippen LogP) is 4.33. The van der Waals surface area contributed by atoms with Gasteiger partial charge in [0.25, 0.3) is 0 Å². The molecule has 1 aliphatic heterocycles. The van der Waals surface area contributed by atoms with Crippen LogP contribution in [0.4, 0.5) is 21.9 Å². The highest BCUT2D eigenvalue weighted by Gasteiger charge is 2.18. The minimum absolute atomic E-state index is 0.280. The number of phenols is 1. The molecule has 0 aromatic heterocycles. The van der Waals surface area contributed by atoms with E-state index < -0.39 is 6.09 Å². The molecular formula is C23H23N3O3. The van der Waals surface area contributed by atoms with Gasteiger partial charge in [0.05, 0.1) is 0 Å². The quantitative estimate of drug-likeness (QED) is 0.695. The third-order valence-corrected chi connectivity index (χ3v) is 4.91. The molecule has 0 atom stereocenters. The van der Waals surface area contributed by atoms with Crippen LogP contribution >= 0.6 is 0 Å². The molecule has 0 bridgehead atoms. The maximum atomic E-state index is 12.1. The third kappa shape index (κ3) is 4.79. The monoisotopic (exact) mass is 389 g/mol. The van der Waals surface area contributed by atoms with Crippen molar-refractivity contribution >= 4 is 23.2 Å². The molecule has 3 aromatic carbocycles. The van der Waals surface area contributed by atoms with E-state index in [4.69, 9.17) is 4.74 Å². The fourth-order valence-electron chi connectivity index (χ4n) is 3.41. The van der Waals surface area contributed by atoms with Crippen LogP contribution in [0.25, 0.3) is 0 Å². The van der Waals surface area contributed by atoms with Crippen LogP contribution in [0.1, 0.15) is 0 Å². The van der Waals surface area contributed by atoms with Crippen molar-refractivity contribution in [3.05, 3.63) is 78.9 Å². The molecule has 1 amide bonds. The largest absolute Gasteiger partial charge is 0.508 e. The van der Waals surface area contributed by atoms with Gasteiger partial charge in [-0.25, -0.2) is 4.79 Å². The number of ether oxygens (including phenoxy) is 1. The molecule has 0 radical (unpaired) electrons. The van der Waals surface area contributed by atoms with Crippen LogP contribution in [0.5, 0.6) is 11.5 Å². The van der Waals surface area contributed by atoms with Gasteiger partial charge in [0.1, 0.15) is 11.5 Å². The van der Waals surface area contributed by atoms with Gasteiger partial charge in [-0.3, -0.25) is 5.32 Å². The van der Waals surface area contributed by atoms with Crippen LogP contribution in [0, 0.1) is 0 Å². The summed E-state index contributed by atoms with van der Waals surface area (Å²) in [6, 6.07) is 24.1. The van der Waals surface area contributed by atoms with Gasteiger partial charge in [0.15, 0.2) is 0 Å². The molecule has 1 fully saturated rings. The third-order valence-electron chi connectivity index (χ3n) is 4.91. The molecule has 148 valence electrons. The van der Waals surface area contributed by atoms with E-state index >= 15 is 0 Å². The second-order valence-corrected chi connectivity index (χ2v) is 6.87. The zero-order chi connectivity index (χ0) is 20.1. The van der Waals surface area contributed by atoms with Crippen molar-refractivity contribution in [2.75, 3.05) is 41.3 Å². The number of phenolic OH excluding ortho intramolecular Hbond substituents is 1. The number of piperazine rings is 1. The van der Waals surface area contributed by atoms with Crippen molar-refractivity contribution in [1.82, 2.24) is 0 Å². The Balaban J connectivity index is 1.35. The van der Waals surface area contributed by atoms with Crippen molar-refractivity contribution in [3.63, 3.8) is 0 Å². The van der Waals surface area contributed by atoms with E-state index in [9.17, 15) is 9.90 Å². The van der Waals surface area contributed by atoms with Gasteiger partial charge in [0.2, 0.25) is 0 Å². The molecule has 6 nitrogen and oxygen atoms in total. The summed E-state index contributed by atoms with van der Waals surface area (Å²) in [6.45, 7) is 3.52. The van der Waals surface area contributed by atoms with E-state index in [0.717, 1.165) is 37.6 Å². The minimum Gasteiger partial charge on any atom is -0.508 e. The zero-order valence-corrected chi connectivity index (χ0v) is 16.0. The van der Waals surface area contributed by atoms with E-state index in [1.807, 2.05) is 54.6 Å². The van der Waals surface area contributed by atoms with Gasteiger partial charge < -0.3 is 19.6 Å². The lowest BCUT2D eigenvalue weighted by Crippen LogP contribution is -2.46. The molecule has 1 aliphatic rings. The number of nitrogens with zero attached hydrogens (tertiary/aromatic N) is 2. The molecule has 6 heteroatoms. The number of amides is 1. The number of hydrogen-bond acceptors (Lipinski definition) is 5. The summed E-state index contributed by atoms with van der Waals surface area (Å²) in [7, 11) is 0. The lowest BCUT2D eigenvalue weighted by atomic mass is 10.2. The molecule has 1 heterocycles. The Labute approximate surface area is 170 Å². The fraction of sp³-hybridized carbons (Fsp3) is 0.174. The lowest BCUT2D eigenvalue weighted by Gasteiger charge is -2.37. The maximum Gasteiger partial charge on any atom is 0.417 e. The maximum absolute atomic E-state index is 12.1. The SMILES string of the molecule is O=C(Nc1cccc(N2CCN(c3ccc(O)cc3)CC2)c1)Oc1ccccc1. The van der Waals surface area contributed by atoms with Gasteiger partial charge in [0, 0.05) is 43.2 Å². The number of rotatable bonds is 4. The van der Waals surface area contributed by atoms with Crippen molar-refractivity contribution in [3.8, 4) is 11.5 Å². The Morgan fingerprint density at radius 1 is 0.793 bits per heavy atom. The number of nitrogens with one attached hydrogen (secondary N) is 1. The first-order chi connectivity index (χ1) is 14.2. The van der Waals surface area contributed by atoms with Crippen LogP contribution in [0.2, 0.25) is 0 Å². The summed E-state index contributed by atoms with van der Waals surface area (Å²) in [6.07, 6.45) is -0.509. The van der Waals surface area contributed by atoms with Gasteiger partial charge in [-0.2, -0.15) is 0 Å². The minimum atomic E-state index is -0.509. The Hall–Kier alpha value is -3.67. The van der Waals surface area contributed by atoms with Crippen molar-refractivity contribution in [1.29, 1.82) is 0 Å². The summed E-state index contributed by atoms with van der Waals surface area (Å²) in [4.78, 5) is 16.7. The topological polar surface area (TPSA) is 65.0 Å². The summed E-state index contributed by atoms with van der Waals surface area (Å²) in [5.41, 5.74) is 2.87. The molecule has 4 rings (SSSR count). The van der Waals surface area contributed by atoms with Crippen LogP contribution in [-0.2, 0) is 0 Å². The normalized spacial score (nSPS) is 13.8. The summed E-state index contributed by atoms with van der Waals surface area (Å²) in [5.74, 6) is 0.786. The number of anilines is 3. The van der Waals surface area contributed by atoms with E-state index in [1.165, 1.54) is 0 Å². The van der Waals surface area contributed by atoms with Crippen LogP contribution in [0.3, 0.4) is 0 Å². The van der Waals surface area contributed by atoms with E-state index in [2.05, 4.69) is 15.1 Å². The molecule has 2 N–H and O–H groups in total. The van der Waals surface area contributed by atoms with Crippen molar-refractivity contribution < 1.29 is 14.6 Å². The van der Waals surface area contributed by atoms with Crippen LogP contribution in [0.15, 0.2) is 78.9 Å². The number of para-hydroxylation sites is 1. The smallest absolute Gasteiger partial charge is 0.417 e. The average molecular weight is 389 g/mol. The van der Waals surface area contributed by atoms with E-state index in [1.54, 1.807) is 24.3 Å². The van der Waals surface area contributed by atoms with Gasteiger partial charge >= 0.3 is 6.09 Å². The fourth-order valence-corrected chi connectivity index (χ4v) is 3.41. The summed E-state index contributed by atoms with van der Waals surface area (Å²) >= 11 is 0. The number of hydrogen-bond donors (Lipinski definition) is 2. The second kappa shape index (κ2) is 8.56. The number of benzene rings is 3. The lowest BCUT2D eigenvalue weighted by molar-refractivity contribution is 0.215. The molecule has 1 saturated heterocycles. The van der Waals surface area contributed by atoms with Gasteiger partial charge in [-0.15, -0.1) is 0 Å². The molecule has 0 saturated carbocycles. The molecular weight excluding hydrogens is 366 g/mol. The predicted molar refractivity (Wildman–Crippen MR) is 115 cm³/mol. The second-order valence-electron chi connectivity index (χ2n) is 6.87. The average Bonchev–Trinajstić information content (AvgIpc) is 2.75. The highest BCUT2D eigenvalue weighted by molar-refractivity contribution is 5.87. The van der Waals surface area contributed by atoms with E-state index in [-0.39, 0.29) is 5.75 Å². The first-order valence-corrected chi connectivity index (χ1v) is 9.60. The number of carbonyl (C=O) groups excluding carboxylic acids is 1. The highest BCUT2D eigenvalue weighted by atomic mass is 16.6. The van der Waals surface area contributed by atoms with Crippen molar-refractivity contribution in [2.24, 2.45) is 0 Å². The Kier molecular flexibility index (Phi) is 5.52. The Bertz CT molecular complexity index is 953. The van der Waals surface area contributed by atoms with Crippen LogP contribution < -0.4 is 19.9 Å². The molecule has 0 aliphatic carbocycles. The molecule has 0 spiro atoms. The molecule has 3 aromatic rings. The summed E-state index contributed by atoms with van der Waals surface area (Å²) < 4.78 is 5.29. The molecule has 0 unspecified atom stereocenters. The number of carbonyl (C=O) groups is 1. The first-order valence-electron chi connectivity index (χ1n) is 9.60. The Morgan fingerprint density at radius 2 is 1.45 bits per heavy atom.